The Morgan fingerprint density at radius 1 is 1.09 bits per heavy atom. The quantitative estimate of drug-likeness (QED) is 0.696. The maximum absolute atomic E-state index is 12.2. The first-order valence-corrected chi connectivity index (χ1v) is 8.00. The number of fused-ring (bicyclic) bond motifs is 1. The van der Waals surface area contributed by atoms with Gasteiger partial charge in [-0.25, -0.2) is 4.98 Å². The number of ether oxygens (including phenoxy) is 1. The van der Waals surface area contributed by atoms with Crippen molar-refractivity contribution in [2.45, 2.75) is 26.2 Å². The number of nitrogens with zero attached hydrogens (tertiary/aromatic N) is 1. The Hall–Kier alpha value is -2.62. The second-order valence-electron chi connectivity index (χ2n) is 5.52. The van der Waals surface area contributed by atoms with E-state index in [1.165, 1.54) is 12.8 Å². The average molecular weight is 308 g/mol. The summed E-state index contributed by atoms with van der Waals surface area (Å²) >= 11 is 0. The molecule has 0 aliphatic rings. The minimum absolute atomic E-state index is 0.125. The van der Waals surface area contributed by atoms with Crippen LogP contribution in [0, 0.1) is 0 Å². The van der Waals surface area contributed by atoms with Crippen molar-refractivity contribution < 1.29 is 4.74 Å². The molecule has 0 radical (unpaired) electrons. The molecule has 1 heterocycles. The second kappa shape index (κ2) is 7.09. The molecule has 0 bridgehead atoms. The molecule has 1 N–H and O–H groups in total. The van der Waals surface area contributed by atoms with Crippen LogP contribution in [0.5, 0.6) is 5.75 Å². The van der Waals surface area contributed by atoms with Gasteiger partial charge in [-0.2, -0.15) is 0 Å². The highest BCUT2D eigenvalue weighted by Gasteiger charge is 2.06. The topological polar surface area (TPSA) is 55.0 Å². The molecule has 3 aromatic rings. The maximum atomic E-state index is 12.2. The van der Waals surface area contributed by atoms with E-state index in [1.807, 2.05) is 42.5 Å². The van der Waals surface area contributed by atoms with Gasteiger partial charge in [0.2, 0.25) is 0 Å². The predicted molar refractivity (Wildman–Crippen MR) is 92.8 cm³/mol. The summed E-state index contributed by atoms with van der Waals surface area (Å²) in [6, 6.07) is 15.0. The second-order valence-corrected chi connectivity index (χ2v) is 5.52. The number of hydrogen-bond donors (Lipinski definition) is 1. The van der Waals surface area contributed by atoms with Crippen LogP contribution >= 0.6 is 0 Å². The van der Waals surface area contributed by atoms with E-state index >= 15 is 0 Å². The van der Waals surface area contributed by atoms with Crippen molar-refractivity contribution in [1.82, 2.24) is 9.97 Å². The first-order valence-electron chi connectivity index (χ1n) is 8.00. The van der Waals surface area contributed by atoms with Crippen molar-refractivity contribution in [2.24, 2.45) is 0 Å². The number of aromatic amines is 1. The zero-order valence-electron chi connectivity index (χ0n) is 13.2. The Bertz CT molecular complexity index is 855. The predicted octanol–water partition coefficient (Wildman–Crippen LogP) is 4.16. The third-order valence-corrected chi connectivity index (χ3v) is 3.74. The molecule has 4 heteroatoms. The molecule has 0 atom stereocenters. The standard InChI is InChI=1S/C19H20N2O2/c1-2-3-6-12-23-15-9-7-8-14(13-15)18-20-17-11-5-4-10-16(17)19(22)21-18/h4-5,7-11,13H,2-3,6,12H2,1H3,(H,20,21,22). The van der Waals surface area contributed by atoms with E-state index in [9.17, 15) is 4.79 Å². The number of hydrogen-bond acceptors (Lipinski definition) is 3. The van der Waals surface area contributed by atoms with Crippen LogP contribution < -0.4 is 10.3 Å². The van der Waals surface area contributed by atoms with Gasteiger partial charge < -0.3 is 9.72 Å². The van der Waals surface area contributed by atoms with Gasteiger partial charge in [0.15, 0.2) is 0 Å². The highest BCUT2D eigenvalue weighted by molar-refractivity contribution is 5.79. The summed E-state index contributed by atoms with van der Waals surface area (Å²) in [6.07, 6.45) is 3.39. The van der Waals surface area contributed by atoms with E-state index in [4.69, 9.17) is 4.74 Å². The largest absolute Gasteiger partial charge is 0.494 e. The zero-order valence-corrected chi connectivity index (χ0v) is 13.2. The normalized spacial score (nSPS) is 10.8. The van der Waals surface area contributed by atoms with E-state index in [0.717, 1.165) is 17.7 Å². The van der Waals surface area contributed by atoms with E-state index in [2.05, 4.69) is 16.9 Å². The van der Waals surface area contributed by atoms with Gasteiger partial charge >= 0.3 is 0 Å². The third-order valence-electron chi connectivity index (χ3n) is 3.74. The number of aromatic nitrogens is 2. The molecule has 0 saturated heterocycles. The average Bonchev–Trinajstić information content (AvgIpc) is 2.59. The van der Waals surface area contributed by atoms with Crippen LogP contribution in [0.3, 0.4) is 0 Å². The lowest BCUT2D eigenvalue weighted by atomic mass is 10.2. The first kappa shape index (κ1) is 15.3. The van der Waals surface area contributed by atoms with Crippen molar-refractivity contribution in [3.05, 3.63) is 58.9 Å². The highest BCUT2D eigenvalue weighted by atomic mass is 16.5. The molecular weight excluding hydrogens is 288 g/mol. The van der Waals surface area contributed by atoms with Crippen LogP contribution in [0.4, 0.5) is 0 Å². The van der Waals surface area contributed by atoms with Gasteiger partial charge in [-0.15, -0.1) is 0 Å². The lowest BCUT2D eigenvalue weighted by molar-refractivity contribution is 0.306. The van der Waals surface area contributed by atoms with Crippen LogP contribution in [0.2, 0.25) is 0 Å². The number of rotatable bonds is 6. The molecule has 3 rings (SSSR count). The summed E-state index contributed by atoms with van der Waals surface area (Å²) < 4.78 is 5.77. The lowest BCUT2D eigenvalue weighted by Gasteiger charge is -2.08. The molecule has 1 aromatic heterocycles. The van der Waals surface area contributed by atoms with Gasteiger partial charge in [0.1, 0.15) is 11.6 Å². The monoisotopic (exact) mass is 308 g/mol. The number of nitrogens with one attached hydrogen (secondary N) is 1. The highest BCUT2D eigenvalue weighted by Crippen LogP contribution is 2.21. The Balaban J connectivity index is 1.88. The SMILES string of the molecule is CCCCCOc1cccc(-c2nc3ccccc3c(=O)[nH]2)c1. The molecule has 0 spiro atoms. The number of H-pyrrole nitrogens is 1. The molecule has 0 fully saturated rings. The molecule has 23 heavy (non-hydrogen) atoms. The van der Waals surface area contributed by atoms with Gasteiger partial charge in [-0.3, -0.25) is 4.79 Å². The van der Waals surface area contributed by atoms with Crippen LogP contribution in [0.1, 0.15) is 26.2 Å². The van der Waals surface area contributed by atoms with Crippen LogP contribution in [0.25, 0.3) is 22.3 Å². The molecule has 0 saturated carbocycles. The van der Waals surface area contributed by atoms with Crippen molar-refractivity contribution >= 4 is 10.9 Å². The lowest BCUT2D eigenvalue weighted by Crippen LogP contribution is -2.09. The van der Waals surface area contributed by atoms with Crippen LogP contribution in [0.15, 0.2) is 53.3 Å². The Morgan fingerprint density at radius 2 is 1.96 bits per heavy atom. The summed E-state index contributed by atoms with van der Waals surface area (Å²) in [5.41, 5.74) is 1.42. The van der Waals surface area contributed by atoms with Gasteiger partial charge in [0.05, 0.1) is 17.5 Å². The smallest absolute Gasteiger partial charge is 0.259 e. The summed E-state index contributed by atoms with van der Waals surface area (Å²) in [6.45, 7) is 2.88. The maximum Gasteiger partial charge on any atom is 0.259 e. The molecule has 4 nitrogen and oxygen atoms in total. The Kier molecular flexibility index (Phi) is 4.71. The van der Waals surface area contributed by atoms with Crippen molar-refractivity contribution in [3.8, 4) is 17.1 Å². The Labute approximate surface area is 135 Å². The Morgan fingerprint density at radius 3 is 2.83 bits per heavy atom. The summed E-state index contributed by atoms with van der Waals surface area (Å²) in [5.74, 6) is 1.36. The number of unbranched alkanes of at least 4 members (excludes halogenated alkanes) is 2. The summed E-state index contributed by atoms with van der Waals surface area (Å²) in [4.78, 5) is 19.6. The number of benzene rings is 2. The van der Waals surface area contributed by atoms with E-state index < -0.39 is 0 Å². The van der Waals surface area contributed by atoms with Crippen LogP contribution in [-0.4, -0.2) is 16.6 Å². The van der Waals surface area contributed by atoms with Gasteiger partial charge in [0.25, 0.3) is 5.56 Å². The molecule has 2 aromatic carbocycles. The molecule has 0 aliphatic carbocycles. The van der Waals surface area contributed by atoms with E-state index in [-0.39, 0.29) is 5.56 Å². The van der Waals surface area contributed by atoms with Gasteiger partial charge in [-0.1, -0.05) is 44.0 Å². The van der Waals surface area contributed by atoms with Crippen LogP contribution in [-0.2, 0) is 0 Å². The fourth-order valence-corrected chi connectivity index (χ4v) is 2.50. The molecular formula is C19H20N2O2. The van der Waals surface area contributed by atoms with Crippen molar-refractivity contribution in [3.63, 3.8) is 0 Å². The minimum Gasteiger partial charge on any atom is -0.494 e. The summed E-state index contributed by atoms with van der Waals surface area (Å²) in [7, 11) is 0. The molecule has 0 unspecified atom stereocenters. The first-order chi connectivity index (χ1) is 11.3. The fraction of sp³-hybridized carbons (Fsp3) is 0.263. The van der Waals surface area contributed by atoms with E-state index in [0.29, 0.717) is 23.3 Å². The fourth-order valence-electron chi connectivity index (χ4n) is 2.50. The van der Waals surface area contributed by atoms with E-state index in [1.54, 1.807) is 6.07 Å². The van der Waals surface area contributed by atoms with Crippen molar-refractivity contribution in [1.29, 1.82) is 0 Å². The minimum atomic E-state index is -0.125. The zero-order chi connectivity index (χ0) is 16.1. The molecule has 0 aliphatic heterocycles. The van der Waals surface area contributed by atoms with Crippen molar-refractivity contribution in [2.75, 3.05) is 6.61 Å². The third kappa shape index (κ3) is 3.59. The summed E-state index contributed by atoms with van der Waals surface area (Å²) in [5, 5.41) is 0.600. The molecule has 0 amide bonds. The molecule has 118 valence electrons. The van der Waals surface area contributed by atoms with Gasteiger partial charge in [-0.05, 0) is 30.7 Å². The van der Waals surface area contributed by atoms with Gasteiger partial charge in [0, 0.05) is 5.56 Å². The number of para-hydroxylation sites is 1.